The van der Waals surface area contributed by atoms with E-state index in [1.54, 1.807) is 12.4 Å². The van der Waals surface area contributed by atoms with Crippen LogP contribution in [0.25, 0.3) is 0 Å². The normalized spacial score (nSPS) is 17.4. The average molecular weight is 291 g/mol. The first-order valence-corrected chi connectivity index (χ1v) is 7.45. The van der Waals surface area contributed by atoms with E-state index in [1.807, 2.05) is 13.0 Å². The monoisotopic (exact) mass is 291 g/mol. The average Bonchev–Trinajstić information content (AvgIpc) is 2.46. The first-order chi connectivity index (χ1) is 9.56. The number of hydrogen-bond acceptors (Lipinski definition) is 3. The van der Waals surface area contributed by atoms with Crippen molar-refractivity contribution in [3.05, 3.63) is 29.6 Å². The third kappa shape index (κ3) is 2.98. The number of pyridine rings is 1. The first kappa shape index (κ1) is 14.9. The molecule has 0 aliphatic heterocycles. The van der Waals surface area contributed by atoms with Crippen LogP contribution in [0.2, 0.25) is 0 Å². The molecule has 5 heteroatoms. The summed E-state index contributed by atoms with van der Waals surface area (Å²) in [5.41, 5.74) is 7.36. The standard InChI is InChI=1S/C15H21N3OS/c1-11-9-17-8-5-12(11)10-18-14(19)15(13(16)20)6-3-2-4-7-15/h5,8-9H,2-4,6-7,10H2,1H3,(H2,16,20)(H,18,19). The summed E-state index contributed by atoms with van der Waals surface area (Å²) in [5, 5.41) is 3.00. The van der Waals surface area contributed by atoms with Crippen LogP contribution in [0.4, 0.5) is 0 Å². The molecule has 1 heterocycles. The minimum absolute atomic E-state index is 0.0269. The minimum atomic E-state index is -0.644. The van der Waals surface area contributed by atoms with Crippen LogP contribution in [-0.2, 0) is 11.3 Å². The zero-order valence-corrected chi connectivity index (χ0v) is 12.6. The molecule has 0 bridgehead atoms. The van der Waals surface area contributed by atoms with Gasteiger partial charge < -0.3 is 11.1 Å². The molecule has 0 spiro atoms. The Balaban J connectivity index is 2.06. The van der Waals surface area contributed by atoms with Crippen molar-refractivity contribution in [2.24, 2.45) is 11.1 Å². The van der Waals surface area contributed by atoms with E-state index in [0.29, 0.717) is 11.5 Å². The lowest BCUT2D eigenvalue weighted by atomic mass is 9.73. The second-order valence-corrected chi connectivity index (χ2v) is 5.93. The van der Waals surface area contributed by atoms with E-state index >= 15 is 0 Å². The molecule has 1 aromatic rings. The highest BCUT2D eigenvalue weighted by Gasteiger charge is 2.42. The van der Waals surface area contributed by atoms with E-state index in [9.17, 15) is 4.79 Å². The van der Waals surface area contributed by atoms with E-state index in [-0.39, 0.29) is 5.91 Å². The van der Waals surface area contributed by atoms with Gasteiger partial charge in [0.1, 0.15) is 0 Å². The summed E-state index contributed by atoms with van der Waals surface area (Å²) < 4.78 is 0. The van der Waals surface area contributed by atoms with Crippen LogP contribution in [-0.4, -0.2) is 15.9 Å². The molecule has 20 heavy (non-hydrogen) atoms. The molecule has 0 unspecified atom stereocenters. The van der Waals surface area contributed by atoms with Crippen molar-refractivity contribution in [2.75, 3.05) is 0 Å². The molecule has 1 aliphatic rings. The van der Waals surface area contributed by atoms with Gasteiger partial charge in [0.05, 0.1) is 10.4 Å². The SMILES string of the molecule is Cc1cnccc1CNC(=O)C1(C(N)=S)CCCCC1. The summed E-state index contributed by atoms with van der Waals surface area (Å²) in [5.74, 6) is -0.0269. The lowest BCUT2D eigenvalue weighted by Crippen LogP contribution is -2.49. The molecule has 0 aromatic carbocycles. The molecule has 1 aromatic heterocycles. The molecule has 1 saturated carbocycles. The number of aromatic nitrogens is 1. The van der Waals surface area contributed by atoms with Gasteiger partial charge in [-0.05, 0) is 37.0 Å². The number of nitrogens with zero attached hydrogens (tertiary/aromatic N) is 1. The second kappa shape index (κ2) is 6.31. The van der Waals surface area contributed by atoms with Gasteiger partial charge in [-0.1, -0.05) is 31.5 Å². The van der Waals surface area contributed by atoms with Crippen molar-refractivity contribution in [2.45, 2.75) is 45.6 Å². The van der Waals surface area contributed by atoms with Crippen molar-refractivity contribution in [1.29, 1.82) is 0 Å². The van der Waals surface area contributed by atoms with Gasteiger partial charge in [0.2, 0.25) is 5.91 Å². The summed E-state index contributed by atoms with van der Waals surface area (Å²) in [4.78, 5) is 16.9. The molecule has 4 nitrogen and oxygen atoms in total. The number of hydrogen-bond donors (Lipinski definition) is 2. The minimum Gasteiger partial charge on any atom is -0.392 e. The van der Waals surface area contributed by atoms with Crippen LogP contribution in [0.5, 0.6) is 0 Å². The van der Waals surface area contributed by atoms with Crippen molar-refractivity contribution in [3.8, 4) is 0 Å². The quantitative estimate of drug-likeness (QED) is 0.835. The van der Waals surface area contributed by atoms with Gasteiger partial charge >= 0.3 is 0 Å². The van der Waals surface area contributed by atoms with Crippen LogP contribution in [0.3, 0.4) is 0 Å². The van der Waals surface area contributed by atoms with Crippen molar-refractivity contribution in [1.82, 2.24) is 10.3 Å². The van der Waals surface area contributed by atoms with Crippen LogP contribution in [0.1, 0.15) is 43.2 Å². The van der Waals surface area contributed by atoms with Gasteiger partial charge in [0, 0.05) is 18.9 Å². The van der Waals surface area contributed by atoms with Gasteiger partial charge in [-0.15, -0.1) is 0 Å². The first-order valence-electron chi connectivity index (χ1n) is 7.04. The highest BCUT2D eigenvalue weighted by molar-refractivity contribution is 7.80. The topological polar surface area (TPSA) is 68.0 Å². The summed E-state index contributed by atoms with van der Waals surface area (Å²) in [7, 11) is 0. The molecular weight excluding hydrogens is 270 g/mol. The lowest BCUT2D eigenvalue weighted by Gasteiger charge is -2.34. The number of carbonyl (C=O) groups is 1. The van der Waals surface area contributed by atoms with Gasteiger partial charge in [0.15, 0.2) is 0 Å². The maximum Gasteiger partial charge on any atom is 0.233 e. The van der Waals surface area contributed by atoms with Crippen LogP contribution in [0.15, 0.2) is 18.5 Å². The number of nitrogens with one attached hydrogen (secondary N) is 1. The Hall–Kier alpha value is -1.49. The van der Waals surface area contributed by atoms with Gasteiger partial charge in [0.25, 0.3) is 0 Å². The highest BCUT2D eigenvalue weighted by Crippen LogP contribution is 2.37. The zero-order chi connectivity index (χ0) is 14.6. The fraction of sp³-hybridized carbons (Fsp3) is 0.533. The van der Waals surface area contributed by atoms with E-state index in [2.05, 4.69) is 10.3 Å². The Morgan fingerprint density at radius 2 is 2.15 bits per heavy atom. The summed E-state index contributed by atoms with van der Waals surface area (Å²) >= 11 is 5.17. The van der Waals surface area contributed by atoms with E-state index in [0.717, 1.165) is 43.2 Å². The fourth-order valence-electron chi connectivity index (χ4n) is 2.79. The van der Waals surface area contributed by atoms with E-state index < -0.39 is 5.41 Å². The molecule has 1 aliphatic carbocycles. The Kier molecular flexibility index (Phi) is 4.70. The molecule has 1 amide bonds. The molecule has 108 valence electrons. The Labute approximate surface area is 125 Å². The van der Waals surface area contributed by atoms with Crippen LogP contribution < -0.4 is 11.1 Å². The van der Waals surface area contributed by atoms with Gasteiger partial charge in [-0.3, -0.25) is 9.78 Å². The highest BCUT2D eigenvalue weighted by atomic mass is 32.1. The molecule has 3 N–H and O–H groups in total. The summed E-state index contributed by atoms with van der Waals surface area (Å²) in [6.45, 7) is 2.48. The summed E-state index contributed by atoms with van der Waals surface area (Å²) in [6.07, 6.45) is 8.25. The van der Waals surface area contributed by atoms with E-state index in [4.69, 9.17) is 18.0 Å². The number of thiocarbonyl (C=S) groups is 1. The maximum atomic E-state index is 12.6. The second-order valence-electron chi connectivity index (χ2n) is 5.49. The number of amides is 1. The molecule has 1 fully saturated rings. The van der Waals surface area contributed by atoms with Crippen LogP contribution in [0, 0.1) is 12.3 Å². The number of nitrogens with two attached hydrogens (primary N) is 1. The van der Waals surface area contributed by atoms with Crippen molar-refractivity contribution in [3.63, 3.8) is 0 Å². The maximum absolute atomic E-state index is 12.6. The third-order valence-electron chi connectivity index (χ3n) is 4.19. The largest absolute Gasteiger partial charge is 0.392 e. The summed E-state index contributed by atoms with van der Waals surface area (Å²) in [6, 6.07) is 1.92. The Bertz CT molecular complexity index is 510. The molecule has 0 atom stereocenters. The predicted molar refractivity (Wildman–Crippen MR) is 83.1 cm³/mol. The van der Waals surface area contributed by atoms with E-state index in [1.165, 1.54) is 0 Å². The lowest BCUT2D eigenvalue weighted by molar-refractivity contribution is -0.129. The molecular formula is C15H21N3OS. The number of aryl methyl sites for hydroxylation is 1. The van der Waals surface area contributed by atoms with Crippen LogP contribution >= 0.6 is 12.2 Å². The van der Waals surface area contributed by atoms with Crippen molar-refractivity contribution >= 4 is 23.1 Å². The number of rotatable bonds is 4. The third-order valence-corrected chi connectivity index (χ3v) is 4.58. The Morgan fingerprint density at radius 3 is 2.75 bits per heavy atom. The fourth-order valence-corrected chi connectivity index (χ4v) is 3.08. The Morgan fingerprint density at radius 1 is 1.45 bits per heavy atom. The van der Waals surface area contributed by atoms with Gasteiger partial charge in [-0.2, -0.15) is 0 Å². The molecule has 0 radical (unpaired) electrons. The number of carbonyl (C=O) groups excluding carboxylic acids is 1. The molecule has 2 rings (SSSR count). The van der Waals surface area contributed by atoms with Crippen molar-refractivity contribution < 1.29 is 4.79 Å². The van der Waals surface area contributed by atoms with Gasteiger partial charge in [-0.25, -0.2) is 0 Å². The smallest absolute Gasteiger partial charge is 0.233 e. The molecule has 0 saturated heterocycles. The zero-order valence-electron chi connectivity index (χ0n) is 11.8. The predicted octanol–water partition coefficient (Wildman–Crippen LogP) is 2.24.